The zero-order valence-corrected chi connectivity index (χ0v) is 14.8. The van der Waals surface area contributed by atoms with Crippen LogP contribution in [-0.2, 0) is 0 Å². The van der Waals surface area contributed by atoms with Gasteiger partial charge in [-0.2, -0.15) is 0 Å². The van der Waals surface area contributed by atoms with Crippen LogP contribution in [0.2, 0.25) is 0 Å². The van der Waals surface area contributed by atoms with Crippen molar-refractivity contribution in [3.05, 3.63) is 33.7 Å². The molecule has 1 N–H and O–H groups in total. The molecule has 2 rings (SSSR count). The molecule has 128 valence electrons. The minimum absolute atomic E-state index is 0.0138. The van der Waals surface area contributed by atoms with Crippen molar-refractivity contribution in [2.45, 2.75) is 40.0 Å². The summed E-state index contributed by atoms with van der Waals surface area (Å²) in [6, 6.07) is 3.25. The predicted octanol–water partition coefficient (Wildman–Crippen LogP) is 2.30. The third-order valence-electron chi connectivity index (χ3n) is 4.72. The topological polar surface area (TPSA) is 56.4 Å². The number of hydrogen-bond acceptors (Lipinski definition) is 3. The second-order valence-corrected chi connectivity index (χ2v) is 6.74. The molecule has 5 heteroatoms. The average molecular weight is 319 g/mol. The van der Waals surface area contributed by atoms with Gasteiger partial charge in [0.25, 0.3) is 5.91 Å². The standard InChI is InChI=1S/C18H29N3O2/c1-5-20(6-2)11-14-7-8-21(12-14)18(23)15-9-16(13(3)4)19-17(22)10-15/h9-10,13-14H,5-8,11-12H2,1-4H3,(H,19,22)/t14-/m0/s1. The van der Waals surface area contributed by atoms with Gasteiger partial charge in [-0.3, -0.25) is 9.59 Å². The van der Waals surface area contributed by atoms with Crippen molar-refractivity contribution in [1.29, 1.82) is 0 Å². The molecule has 0 aliphatic carbocycles. The molecule has 1 amide bonds. The van der Waals surface area contributed by atoms with Gasteiger partial charge in [-0.1, -0.05) is 27.7 Å². The van der Waals surface area contributed by atoms with Crippen LogP contribution in [-0.4, -0.2) is 53.4 Å². The fraction of sp³-hybridized carbons (Fsp3) is 0.667. The molecule has 1 aromatic rings. The van der Waals surface area contributed by atoms with E-state index >= 15 is 0 Å². The highest BCUT2D eigenvalue weighted by atomic mass is 16.2. The first kappa shape index (κ1) is 17.7. The summed E-state index contributed by atoms with van der Waals surface area (Å²) >= 11 is 0. The first-order valence-corrected chi connectivity index (χ1v) is 8.70. The minimum Gasteiger partial charge on any atom is -0.338 e. The number of carbonyl (C=O) groups excluding carboxylic acids is 1. The predicted molar refractivity (Wildman–Crippen MR) is 93.0 cm³/mol. The largest absolute Gasteiger partial charge is 0.338 e. The van der Waals surface area contributed by atoms with Crippen LogP contribution >= 0.6 is 0 Å². The van der Waals surface area contributed by atoms with Crippen molar-refractivity contribution in [2.75, 3.05) is 32.7 Å². The smallest absolute Gasteiger partial charge is 0.254 e. The quantitative estimate of drug-likeness (QED) is 0.875. The molecule has 2 heterocycles. The van der Waals surface area contributed by atoms with Gasteiger partial charge >= 0.3 is 0 Å². The first-order valence-electron chi connectivity index (χ1n) is 8.70. The number of carbonyl (C=O) groups is 1. The highest BCUT2D eigenvalue weighted by molar-refractivity contribution is 5.94. The second kappa shape index (κ2) is 7.77. The summed E-state index contributed by atoms with van der Waals surface area (Å²) < 4.78 is 0. The van der Waals surface area contributed by atoms with Gasteiger partial charge in [0, 0.05) is 37.0 Å². The summed E-state index contributed by atoms with van der Waals surface area (Å²) in [5, 5.41) is 0. The van der Waals surface area contributed by atoms with E-state index in [2.05, 4.69) is 23.7 Å². The number of H-pyrrole nitrogens is 1. The Morgan fingerprint density at radius 3 is 2.65 bits per heavy atom. The van der Waals surface area contributed by atoms with Crippen molar-refractivity contribution >= 4 is 5.91 Å². The number of aromatic nitrogens is 1. The van der Waals surface area contributed by atoms with Gasteiger partial charge in [0.15, 0.2) is 0 Å². The van der Waals surface area contributed by atoms with E-state index in [9.17, 15) is 9.59 Å². The summed E-state index contributed by atoms with van der Waals surface area (Å²) in [5.74, 6) is 0.718. The van der Waals surface area contributed by atoms with Crippen LogP contribution in [0, 0.1) is 5.92 Å². The second-order valence-electron chi connectivity index (χ2n) is 6.74. The first-order chi connectivity index (χ1) is 10.9. The number of rotatable bonds is 6. The number of aromatic amines is 1. The Hall–Kier alpha value is -1.62. The van der Waals surface area contributed by atoms with Crippen LogP contribution in [0.1, 0.15) is 56.1 Å². The molecule has 1 fully saturated rings. The Kier molecular flexibility index (Phi) is 5.99. The van der Waals surface area contributed by atoms with E-state index in [-0.39, 0.29) is 17.4 Å². The lowest BCUT2D eigenvalue weighted by Gasteiger charge is -2.22. The molecule has 0 saturated carbocycles. The zero-order chi connectivity index (χ0) is 17.0. The van der Waals surface area contributed by atoms with Crippen LogP contribution in [0.3, 0.4) is 0 Å². The number of likely N-dealkylation sites (tertiary alicyclic amines) is 1. The van der Waals surface area contributed by atoms with E-state index in [4.69, 9.17) is 0 Å². The molecule has 0 aromatic carbocycles. The van der Waals surface area contributed by atoms with Gasteiger partial charge in [0.05, 0.1) is 0 Å². The van der Waals surface area contributed by atoms with Gasteiger partial charge in [0.1, 0.15) is 0 Å². The van der Waals surface area contributed by atoms with Crippen LogP contribution in [0.5, 0.6) is 0 Å². The SMILES string of the molecule is CCN(CC)C[C@@H]1CCN(C(=O)c2cc(C(C)C)[nH]c(=O)c2)C1. The number of nitrogens with one attached hydrogen (secondary N) is 1. The summed E-state index contributed by atoms with van der Waals surface area (Å²) in [4.78, 5) is 31.6. The number of nitrogens with zero attached hydrogens (tertiary/aromatic N) is 2. The molecule has 0 unspecified atom stereocenters. The maximum atomic E-state index is 12.7. The summed E-state index contributed by atoms with van der Waals surface area (Å²) in [7, 11) is 0. The van der Waals surface area contributed by atoms with Crippen molar-refractivity contribution in [3.63, 3.8) is 0 Å². The zero-order valence-electron chi connectivity index (χ0n) is 14.8. The summed E-state index contributed by atoms with van der Waals surface area (Å²) in [5.41, 5.74) is 1.14. The lowest BCUT2D eigenvalue weighted by Crippen LogP contribution is -2.33. The molecule has 23 heavy (non-hydrogen) atoms. The van der Waals surface area contributed by atoms with Gasteiger partial charge in [0.2, 0.25) is 5.56 Å². The van der Waals surface area contributed by atoms with Crippen molar-refractivity contribution < 1.29 is 4.79 Å². The number of amides is 1. The molecule has 1 aliphatic rings. The van der Waals surface area contributed by atoms with Gasteiger partial charge in [-0.15, -0.1) is 0 Å². The lowest BCUT2D eigenvalue weighted by atomic mass is 10.1. The fourth-order valence-electron chi connectivity index (χ4n) is 3.20. The molecule has 5 nitrogen and oxygen atoms in total. The maximum absolute atomic E-state index is 12.7. The molecule has 0 spiro atoms. The molecule has 1 aliphatic heterocycles. The van der Waals surface area contributed by atoms with Gasteiger partial charge < -0.3 is 14.8 Å². The Balaban J connectivity index is 2.06. The normalized spacial score (nSPS) is 18.2. The van der Waals surface area contributed by atoms with E-state index < -0.39 is 0 Å². The third-order valence-corrected chi connectivity index (χ3v) is 4.72. The fourth-order valence-corrected chi connectivity index (χ4v) is 3.20. The van der Waals surface area contributed by atoms with Crippen LogP contribution in [0.25, 0.3) is 0 Å². The van der Waals surface area contributed by atoms with Crippen LogP contribution in [0.4, 0.5) is 0 Å². The minimum atomic E-state index is -0.196. The van der Waals surface area contributed by atoms with Crippen LogP contribution < -0.4 is 5.56 Å². The van der Waals surface area contributed by atoms with Gasteiger partial charge in [-0.25, -0.2) is 0 Å². The van der Waals surface area contributed by atoms with Crippen molar-refractivity contribution in [1.82, 2.24) is 14.8 Å². The van der Waals surface area contributed by atoms with E-state index in [1.807, 2.05) is 24.8 Å². The van der Waals surface area contributed by atoms with Crippen molar-refractivity contribution in [3.8, 4) is 0 Å². The molecule has 1 saturated heterocycles. The van der Waals surface area contributed by atoms with E-state index in [1.165, 1.54) is 6.07 Å². The number of pyridine rings is 1. The van der Waals surface area contributed by atoms with E-state index in [1.54, 1.807) is 0 Å². The Morgan fingerprint density at radius 1 is 1.35 bits per heavy atom. The third kappa shape index (κ3) is 4.44. The Morgan fingerprint density at radius 2 is 2.04 bits per heavy atom. The molecular weight excluding hydrogens is 290 g/mol. The summed E-state index contributed by atoms with van der Waals surface area (Å²) in [6.07, 6.45) is 1.04. The monoisotopic (exact) mass is 319 g/mol. The highest BCUT2D eigenvalue weighted by Crippen LogP contribution is 2.20. The van der Waals surface area contributed by atoms with Crippen LogP contribution in [0.15, 0.2) is 16.9 Å². The maximum Gasteiger partial charge on any atom is 0.254 e. The van der Waals surface area contributed by atoms with Crippen molar-refractivity contribution in [2.24, 2.45) is 5.92 Å². The molecule has 0 radical (unpaired) electrons. The summed E-state index contributed by atoms with van der Waals surface area (Å²) in [6.45, 7) is 13.1. The molecule has 0 bridgehead atoms. The molecular formula is C18H29N3O2. The number of hydrogen-bond donors (Lipinski definition) is 1. The Labute approximate surface area is 138 Å². The Bertz CT molecular complexity index is 590. The van der Waals surface area contributed by atoms with Gasteiger partial charge in [-0.05, 0) is 37.4 Å². The molecule has 1 aromatic heterocycles. The lowest BCUT2D eigenvalue weighted by molar-refractivity contribution is 0.0783. The van der Waals surface area contributed by atoms with E-state index in [0.717, 1.165) is 44.8 Å². The van der Waals surface area contributed by atoms with E-state index in [0.29, 0.717) is 11.5 Å². The highest BCUT2D eigenvalue weighted by Gasteiger charge is 2.28. The molecule has 1 atom stereocenters. The average Bonchev–Trinajstić information content (AvgIpc) is 2.99.